The lowest BCUT2D eigenvalue weighted by atomic mass is 10.00. The first-order chi connectivity index (χ1) is 8.09. The number of aryl methyl sites for hydroxylation is 1. The van der Waals surface area contributed by atoms with E-state index in [1.54, 1.807) is 11.3 Å². The fourth-order valence-electron chi connectivity index (χ4n) is 1.89. The molecule has 2 rings (SSSR count). The Balaban J connectivity index is 2.34. The van der Waals surface area contributed by atoms with Gasteiger partial charge in [-0.25, -0.2) is 0 Å². The van der Waals surface area contributed by atoms with Crippen LogP contribution in [0, 0.1) is 6.92 Å². The lowest BCUT2D eigenvalue weighted by Crippen LogP contribution is -2.14. The Labute approximate surface area is 107 Å². The number of hydrogen-bond donors (Lipinski definition) is 1. The van der Waals surface area contributed by atoms with Crippen LogP contribution >= 0.6 is 11.3 Å². The molecule has 2 aromatic rings. The minimum atomic E-state index is -0.0267. The van der Waals surface area contributed by atoms with Crippen molar-refractivity contribution >= 4 is 17.0 Å². The van der Waals surface area contributed by atoms with Crippen LogP contribution in [0.1, 0.15) is 22.0 Å². The Bertz CT molecular complexity index is 502. The van der Waals surface area contributed by atoms with Crippen LogP contribution in [0.3, 0.4) is 0 Å². The Morgan fingerprint density at radius 3 is 2.59 bits per heavy atom. The molecule has 90 valence electrons. The molecule has 1 aromatic carbocycles. The Kier molecular flexibility index (Phi) is 3.50. The van der Waals surface area contributed by atoms with Crippen LogP contribution in [0.4, 0.5) is 5.69 Å². The van der Waals surface area contributed by atoms with E-state index in [2.05, 4.69) is 47.5 Å². The van der Waals surface area contributed by atoms with Crippen molar-refractivity contribution in [2.45, 2.75) is 13.0 Å². The molecule has 0 bridgehead atoms. The standard InChI is InChI=1S/C14H18N2S/c1-10-13(7-8-17-10)14(15)11-5-4-6-12(9-11)16(2)3/h4-9,14H,15H2,1-3H3. The predicted molar refractivity (Wildman–Crippen MR) is 75.9 cm³/mol. The summed E-state index contributed by atoms with van der Waals surface area (Å²) in [5.74, 6) is 0. The maximum Gasteiger partial charge on any atom is 0.0563 e. The number of nitrogens with two attached hydrogens (primary N) is 1. The summed E-state index contributed by atoms with van der Waals surface area (Å²) in [7, 11) is 4.08. The summed E-state index contributed by atoms with van der Waals surface area (Å²) >= 11 is 1.75. The second-order valence-corrected chi connectivity index (χ2v) is 5.52. The molecule has 3 heteroatoms. The molecule has 2 nitrogen and oxygen atoms in total. The fourth-order valence-corrected chi connectivity index (χ4v) is 2.64. The van der Waals surface area contributed by atoms with Crippen LogP contribution in [-0.2, 0) is 0 Å². The van der Waals surface area contributed by atoms with Gasteiger partial charge in [-0.05, 0) is 41.6 Å². The molecule has 0 aliphatic rings. The maximum absolute atomic E-state index is 6.32. The quantitative estimate of drug-likeness (QED) is 0.901. The number of thiophene rings is 1. The van der Waals surface area contributed by atoms with E-state index < -0.39 is 0 Å². The van der Waals surface area contributed by atoms with E-state index in [-0.39, 0.29) is 6.04 Å². The van der Waals surface area contributed by atoms with Gasteiger partial charge in [0.2, 0.25) is 0 Å². The first-order valence-electron chi connectivity index (χ1n) is 5.66. The van der Waals surface area contributed by atoms with Crippen LogP contribution in [0.25, 0.3) is 0 Å². The molecule has 0 fully saturated rings. The van der Waals surface area contributed by atoms with Gasteiger partial charge in [-0.2, -0.15) is 0 Å². The first kappa shape index (κ1) is 12.1. The molecule has 1 aromatic heterocycles. The second-order valence-electron chi connectivity index (χ2n) is 4.40. The van der Waals surface area contributed by atoms with E-state index in [1.807, 2.05) is 14.1 Å². The Morgan fingerprint density at radius 2 is 2.00 bits per heavy atom. The number of nitrogens with zero attached hydrogens (tertiary/aromatic N) is 1. The number of rotatable bonds is 3. The van der Waals surface area contributed by atoms with Gasteiger partial charge in [0, 0.05) is 24.7 Å². The first-order valence-corrected chi connectivity index (χ1v) is 6.54. The van der Waals surface area contributed by atoms with E-state index in [4.69, 9.17) is 5.73 Å². The average Bonchev–Trinajstić information content (AvgIpc) is 2.74. The summed E-state index contributed by atoms with van der Waals surface area (Å²) in [4.78, 5) is 3.39. The summed E-state index contributed by atoms with van der Waals surface area (Å²) in [6.07, 6.45) is 0. The Hall–Kier alpha value is -1.32. The van der Waals surface area contributed by atoms with E-state index in [0.29, 0.717) is 0 Å². The van der Waals surface area contributed by atoms with Gasteiger partial charge in [0.1, 0.15) is 0 Å². The van der Waals surface area contributed by atoms with Crippen LogP contribution in [0.2, 0.25) is 0 Å². The van der Waals surface area contributed by atoms with Gasteiger partial charge in [-0.1, -0.05) is 12.1 Å². The number of benzene rings is 1. The summed E-state index contributed by atoms with van der Waals surface area (Å²) < 4.78 is 0. The molecule has 0 spiro atoms. The van der Waals surface area contributed by atoms with Gasteiger partial charge < -0.3 is 10.6 Å². The molecule has 1 unspecified atom stereocenters. The van der Waals surface area contributed by atoms with Crippen molar-refractivity contribution in [3.8, 4) is 0 Å². The van der Waals surface area contributed by atoms with Crippen LogP contribution in [-0.4, -0.2) is 14.1 Å². The fraction of sp³-hybridized carbons (Fsp3) is 0.286. The van der Waals surface area contributed by atoms with Crippen molar-refractivity contribution in [1.29, 1.82) is 0 Å². The smallest absolute Gasteiger partial charge is 0.0563 e. The van der Waals surface area contributed by atoms with E-state index >= 15 is 0 Å². The summed E-state index contributed by atoms with van der Waals surface area (Å²) in [5, 5.41) is 2.10. The highest BCUT2D eigenvalue weighted by atomic mass is 32.1. The molecule has 0 radical (unpaired) electrons. The van der Waals surface area contributed by atoms with E-state index in [1.165, 1.54) is 16.1 Å². The number of anilines is 1. The van der Waals surface area contributed by atoms with Gasteiger partial charge in [0.25, 0.3) is 0 Å². The van der Waals surface area contributed by atoms with Gasteiger partial charge in [0.15, 0.2) is 0 Å². The van der Waals surface area contributed by atoms with Gasteiger partial charge in [-0.15, -0.1) is 11.3 Å². The molecule has 0 amide bonds. The van der Waals surface area contributed by atoms with Gasteiger partial charge in [0.05, 0.1) is 6.04 Å². The van der Waals surface area contributed by atoms with Crippen LogP contribution in [0.15, 0.2) is 35.7 Å². The van der Waals surface area contributed by atoms with Gasteiger partial charge >= 0.3 is 0 Å². The van der Waals surface area contributed by atoms with Crippen molar-refractivity contribution in [3.05, 3.63) is 51.7 Å². The summed E-state index contributed by atoms with van der Waals surface area (Å²) in [5.41, 5.74) is 9.90. The van der Waals surface area contributed by atoms with E-state index in [9.17, 15) is 0 Å². The van der Waals surface area contributed by atoms with Gasteiger partial charge in [-0.3, -0.25) is 0 Å². The minimum Gasteiger partial charge on any atom is -0.378 e. The maximum atomic E-state index is 6.32. The lowest BCUT2D eigenvalue weighted by Gasteiger charge is -2.17. The molecule has 2 N–H and O–H groups in total. The molecule has 1 heterocycles. The topological polar surface area (TPSA) is 29.3 Å². The molecule has 0 saturated heterocycles. The highest BCUT2D eigenvalue weighted by Gasteiger charge is 2.12. The van der Waals surface area contributed by atoms with E-state index in [0.717, 1.165) is 5.56 Å². The molecule has 1 atom stereocenters. The molecule has 17 heavy (non-hydrogen) atoms. The molecule has 0 aliphatic heterocycles. The highest BCUT2D eigenvalue weighted by Crippen LogP contribution is 2.27. The zero-order valence-electron chi connectivity index (χ0n) is 10.5. The SMILES string of the molecule is Cc1sccc1C(N)c1cccc(N(C)C)c1. The third kappa shape index (κ3) is 2.51. The van der Waals surface area contributed by atoms with Crippen molar-refractivity contribution < 1.29 is 0 Å². The summed E-state index contributed by atoms with van der Waals surface area (Å²) in [6.45, 7) is 2.12. The van der Waals surface area contributed by atoms with Crippen molar-refractivity contribution in [2.75, 3.05) is 19.0 Å². The van der Waals surface area contributed by atoms with Crippen molar-refractivity contribution in [1.82, 2.24) is 0 Å². The predicted octanol–water partition coefficient (Wildman–Crippen LogP) is 3.17. The minimum absolute atomic E-state index is 0.0267. The highest BCUT2D eigenvalue weighted by molar-refractivity contribution is 7.10. The monoisotopic (exact) mass is 246 g/mol. The normalized spacial score (nSPS) is 12.5. The zero-order valence-corrected chi connectivity index (χ0v) is 11.3. The molecular weight excluding hydrogens is 228 g/mol. The van der Waals surface area contributed by atoms with Crippen molar-refractivity contribution in [2.24, 2.45) is 5.73 Å². The number of hydrogen-bond acceptors (Lipinski definition) is 3. The lowest BCUT2D eigenvalue weighted by molar-refractivity contribution is 0.868. The molecule has 0 aliphatic carbocycles. The Morgan fingerprint density at radius 1 is 1.24 bits per heavy atom. The third-order valence-corrected chi connectivity index (χ3v) is 3.84. The van der Waals surface area contributed by atoms with Crippen LogP contribution < -0.4 is 10.6 Å². The second kappa shape index (κ2) is 4.90. The van der Waals surface area contributed by atoms with Crippen molar-refractivity contribution in [3.63, 3.8) is 0 Å². The molecule has 0 saturated carbocycles. The van der Waals surface area contributed by atoms with Crippen LogP contribution in [0.5, 0.6) is 0 Å². The zero-order chi connectivity index (χ0) is 12.4. The third-order valence-electron chi connectivity index (χ3n) is 2.98. The molecular formula is C14H18N2S. The largest absolute Gasteiger partial charge is 0.378 e. The summed E-state index contributed by atoms with van der Waals surface area (Å²) in [6, 6.07) is 10.5. The average molecular weight is 246 g/mol.